The van der Waals surface area contributed by atoms with Crippen LogP contribution < -0.4 is 14.8 Å². The Labute approximate surface area is 108 Å². The van der Waals surface area contributed by atoms with E-state index in [2.05, 4.69) is 5.32 Å². The minimum atomic E-state index is -3.35. The molecule has 0 bridgehead atoms. The lowest BCUT2D eigenvalue weighted by Gasteiger charge is -2.14. The molecule has 18 heavy (non-hydrogen) atoms. The van der Waals surface area contributed by atoms with E-state index in [9.17, 15) is 8.42 Å². The van der Waals surface area contributed by atoms with Gasteiger partial charge in [-0.1, -0.05) is 0 Å². The van der Waals surface area contributed by atoms with Gasteiger partial charge in [-0.05, 0) is 26.1 Å². The second-order valence-electron chi connectivity index (χ2n) is 3.94. The van der Waals surface area contributed by atoms with Crippen molar-refractivity contribution in [2.75, 3.05) is 34.1 Å². The predicted octanol–water partition coefficient (Wildman–Crippen LogP) is 0.869. The molecule has 5 nitrogen and oxygen atoms in total. The lowest BCUT2D eigenvalue weighted by atomic mass is 10.1. The summed E-state index contributed by atoms with van der Waals surface area (Å²) in [6, 6.07) is 3.28. The Morgan fingerprint density at radius 2 is 1.89 bits per heavy atom. The van der Waals surface area contributed by atoms with E-state index in [-0.39, 0.29) is 4.90 Å². The van der Waals surface area contributed by atoms with Crippen LogP contribution in [-0.4, -0.2) is 42.5 Å². The Balaban J connectivity index is 3.40. The van der Waals surface area contributed by atoms with Crippen molar-refractivity contribution in [3.63, 3.8) is 0 Å². The SMILES string of the molecule is CNCCc1cc(OC)cc(S(C)(=O)=O)c1OC. The molecule has 0 atom stereocenters. The molecule has 0 unspecified atom stereocenters. The summed E-state index contributed by atoms with van der Waals surface area (Å²) in [5.41, 5.74) is 0.812. The molecule has 0 aromatic heterocycles. The molecule has 0 saturated heterocycles. The monoisotopic (exact) mass is 273 g/mol. The van der Waals surface area contributed by atoms with E-state index in [4.69, 9.17) is 9.47 Å². The summed E-state index contributed by atoms with van der Waals surface area (Å²) in [6.07, 6.45) is 1.82. The van der Waals surface area contributed by atoms with Crippen LogP contribution in [0, 0.1) is 0 Å². The average molecular weight is 273 g/mol. The summed E-state index contributed by atoms with van der Waals surface area (Å²) in [7, 11) is 1.47. The number of rotatable bonds is 6. The average Bonchev–Trinajstić information content (AvgIpc) is 2.33. The van der Waals surface area contributed by atoms with Crippen molar-refractivity contribution < 1.29 is 17.9 Å². The molecule has 0 amide bonds. The molecule has 0 aliphatic carbocycles. The van der Waals surface area contributed by atoms with E-state index < -0.39 is 9.84 Å². The van der Waals surface area contributed by atoms with E-state index in [0.29, 0.717) is 17.9 Å². The fourth-order valence-electron chi connectivity index (χ4n) is 1.70. The third-order valence-electron chi connectivity index (χ3n) is 2.59. The number of ether oxygens (including phenoxy) is 2. The van der Waals surface area contributed by atoms with Crippen LogP contribution in [0.3, 0.4) is 0 Å². The molecule has 0 radical (unpaired) electrons. The first-order valence-corrected chi connectivity index (χ1v) is 7.42. The Morgan fingerprint density at radius 1 is 1.22 bits per heavy atom. The Morgan fingerprint density at radius 3 is 2.33 bits per heavy atom. The van der Waals surface area contributed by atoms with Crippen LogP contribution in [0.1, 0.15) is 5.56 Å². The first-order valence-electron chi connectivity index (χ1n) is 5.53. The minimum absolute atomic E-state index is 0.162. The molecule has 1 N–H and O–H groups in total. The highest BCUT2D eigenvalue weighted by Gasteiger charge is 2.19. The van der Waals surface area contributed by atoms with E-state index in [0.717, 1.165) is 18.4 Å². The smallest absolute Gasteiger partial charge is 0.179 e. The summed E-state index contributed by atoms with van der Waals surface area (Å²) in [6.45, 7) is 0.729. The van der Waals surface area contributed by atoms with Crippen molar-refractivity contribution in [2.24, 2.45) is 0 Å². The van der Waals surface area contributed by atoms with Gasteiger partial charge in [-0.25, -0.2) is 8.42 Å². The van der Waals surface area contributed by atoms with E-state index in [1.165, 1.54) is 20.3 Å². The third-order valence-corrected chi connectivity index (χ3v) is 3.69. The van der Waals surface area contributed by atoms with Crippen LogP contribution in [0.25, 0.3) is 0 Å². The van der Waals surface area contributed by atoms with Crippen LogP contribution in [-0.2, 0) is 16.3 Å². The van der Waals surface area contributed by atoms with E-state index in [1.807, 2.05) is 7.05 Å². The summed E-state index contributed by atoms with van der Waals surface area (Å²) >= 11 is 0. The van der Waals surface area contributed by atoms with Gasteiger partial charge in [0.05, 0.1) is 14.2 Å². The van der Waals surface area contributed by atoms with Crippen molar-refractivity contribution in [3.05, 3.63) is 17.7 Å². The van der Waals surface area contributed by atoms with Crippen LogP contribution in [0.15, 0.2) is 17.0 Å². The number of nitrogens with one attached hydrogen (secondary N) is 1. The second kappa shape index (κ2) is 6.06. The first kappa shape index (κ1) is 14.8. The number of hydrogen-bond acceptors (Lipinski definition) is 5. The Bertz CT molecular complexity index is 511. The highest BCUT2D eigenvalue weighted by atomic mass is 32.2. The molecule has 1 rings (SSSR count). The largest absolute Gasteiger partial charge is 0.497 e. The van der Waals surface area contributed by atoms with Gasteiger partial charge in [0, 0.05) is 17.9 Å². The molecule has 0 saturated carbocycles. The molecule has 102 valence electrons. The van der Waals surface area contributed by atoms with Gasteiger partial charge >= 0.3 is 0 Å². The van der Waals surface area contributed by atoms with Crippen molar-refractivity contribution in [1.29, 1.82) is 0 Å². The van der Waals surface area contributed by atoms with Crippen molar-refractivity contribution >= 4 is 9.84 Å². The van der Waals surface area contributed by atoms with Gasteiger partial charge in [0.2, 0.25) is 0 Å². The zero-order valence-corrected chi connectivity index (χ0v) is 11.9. The zero-order chi connectivity index (χ0) is 13.8. The number of methoxy groups -OCH3 is 2. The van der Waals surface area contributed by atoms with Crippen molar-refractivity contribution in [1.82, 2.24) is 5.32 Å². The molecular formula is C12H19NO4S. The van der Waals surface area contributed by atoms with Gasteiger partial charge in [-0.2, -0.15) is 0 Å². The maximum absolute atomic E-state index is 11.8. The van der Waals surface area contributed by atoms with Gasteiger partial charge in [-0.15, -0.1) is 0 Å². The van der Waals surface area contributed by atoms with Gasteiger partial charge in [0.25, 0.3) is 0 Å². The topological polar surface area (TPSA) is 64.6 Å². The van der Waals surface area contributed by atoms with Crippen molar-refractivity contribution in [3.8, 4) is 11.5 Å². The molecule has 1 aromatic rings. The highest BCUT2D eigenvalue weighted by molar-refractivity contribution is 7.90. The molecule has 0 fully saturated rings. The normalized spacial score (nSPS) is 11.3. The zero-order valence-electron chi connectivity index (χ0n) is 11.1. The molecule has 0 spiro atoms. The first-order chi connectivity index (χ1) is 8.43. The molecule has 0 aliphatic rings. The number of sulfone groups is 1. The summed E-state index contributed by atoms with van der Waals surface area (Å²) in [5.74, 6) is 0.913. The maximum atomic E-state index is 11.8. The minimum Gasteiger partial charge on any atom is -0.497 e. The Kier molecular flexibility index (Phi) is 4.98. The molecule has 6 heteroatoms. The Hall–Kier alpha value is -1.27. The molecular weight excluding hydrogens is 254 g/mol. The fraction of sp³-hybridized carbons (Fsp3) is 0.500. The van der Waals surface area contributed by atoms with Crippen LogP contribution in [0.5, 0.6) is 11.5 Å². The fourth-order valence-corrected chi connectivity index (χ4v) is 2.58. The van der Waals surface area contributed by atoms with E-state index in [1.54, 1.807) is 6.07 Å². The second-order valence-corrected chi connectivity index (χ2v) is 5.93. The van der Waals surface area contributed by atoms with Crippen molar-refractivity contribution in [2.45, 2.75) is 11.3 Å². The quantitative estimate of drug-likeness (QED) is 0.833. The third kappa shape index (κ3) is 3.36. The lowest BCUT2D eigenvalue weighted by molar-refractivity contribution is 0.387. The van der Waals surface area contributed by atoms with Gasteiger partial charge < -0.3 is 14.8 Å². The number of likely N-dealkylation sites (N-methyl/N-ethyl adjacent to an activating group) is 1. The van der Waals surface area contributed by atoms with Crippen LogP contribution in [0.4, 0.5) is 0 Å². The van der Waals surface area contributed by atoms with Gasteiger partial charge in [0.1, 0.15) is 16.4 Å². The van der Waals surface area contributed by atoms with E-state index >= 15 is 0 Å². The van der Waals surface area contributed by atoms with Crippen LogP contribution >= 0.6 is 0 Å². The summed E-state index contributed by atoms with van der Waals surface area (Å²) in [5, 5.41) is 3.02. The van der Waals surface area contributed by atoms with Gasteiger partial charge in [0.15, 0.2) is 9.84 Å². The molecule has 1 aromatic carbocycles. The standard InChI is InChI=1S/C12H19NO4S/c1-13-6-5-9-7-10(16-2)8-11(12(9)17-3)18(4,14)15/h7-8,13H,5-6H2,1-4H3. The molecule has 0 heterocycles. The van der Waals surface area contributed by atoms with Crippen LogP contribution in [0.2, 0.25) is 0 Å². The predicted molar refractivity (Wildman–Crippen MR) is 70.3 cm³/mol. The lowest BCUT2D eigenvalue weighted by Crippen LogP contribution is -2.12. The number of hydrogen-bond donors (Lipinski definition) is 1. The molecule has 0 aliphatic heterocycles. The summed E-state index contributed by atoms with van der Waals surface area (Å²) < 4.78 is 33.9. The number of benzene rings is 1. The van der Waals surface area contributed by atoms with Gasteiger partial charge in [-0.3, -0.25) is 0 Å². The maximum Gasteiger partial charge on any atom is 0.179 e. The highest BCUT2D eigenvalue weighted by Crippen LogP contribution is 2.33. The summed E-state index contributed by atoms with van der Waals surface area (Å²) in [4.78, 5) is 0.162.